The van der Waals surface area contributed by atoms with Crippen molar-refractivity contribution in [2.75, 3.05) is 13.7 Å². The molecule has 1 amide bonds. The van der Waals surface area contributed by atoms with Gasteiger partial charge >= 0.3 is 0 Å². The topological polar surface area (TPSA) is 64.6 Å². The summed E-state index contributed by atoms with van der Waals surface area (Å²) in [6.07, 6.45) is 0. The first-order chi connectivity index (χ1) is 9.10. The summed E-state index contributed by atoms with van der Waals surface area (Å²) in [6.45, 7) is 3.97. The van der Waals surface area contributed by atoms with Gasteiger partial charge in [0.25, 0.3) is 5.91 Å². The van der Waals surface area contributed by atoms with Gasteiger partial charge in [0.2, 0.25) is 0 Å². The fourth-order valence-electron chi connectivity index (χ4n) is 1.79. The second kappa shape index (κ2) is 5.75. The largest absolute Gasteiger partial charge is 0.464 e. The number of ether oxygens (including phenoxy) is 1. The van der Waals surface area contributed by atoms with Crippen LogP contribution in [0.4, 0.5) is 0 Å². The van der Waals surface area contributed by atoms with E-state index in [0.29, 0.717) is 18.1 Å². The molecule has 0 saturated heterocycles. The molecule has 0 aliphatic rings. The molecule has 1 N–H and O–H groups in total. The highest BCUT2D eigenvalue weighted by Gasteiger charge is 2.20. The molecule has 2 rings (SSSR count). The summed E-state index contributed by atoms with van der Waals surface area (Å²) >= 11 is 0. The molecule has 0 radical (unpaired) electrons. The van der Waals surface area contributed by atoms with Crippen LogP contribution in [0.1, 0.15) is 33.9 Å². The van der Waals surface area contributed by atoms with Crippen molar-refractivity contribution in [3.05, 3.63) is 47.3 Å². The molecular weight excluding hydrogens is 246 g/mol. The van der Waals surface area contributed by atoms with E-state index in [1.807, 2.05) is 19.1 Å². The highest BCUT2D eigenvalue weighted by molar-refractivity contribution is 5.91. The van der Waals surface area contributed by atoms with E-state index >= 15 is 0 Å². The number of aryl methyl sites for hydroxylation is 2. The number of carbonyl (C=O) groups excluding carboxylic acids is 1. The van der Waals surface area contributed by atoms with Gasteiger partial charge < -0.3 is 18.9 Å². The molecule has 1 unspecified atom stereocenters. The smallest absolute Gasteiger partial charge is 0.287 e. The van der Waals surface area contributed by atoms with Gasteiger partial charge in [0.1, 0.15) is 23.3 Å². The standard InChI is InChI=1S/C14H17NO4/c1-9-4-6-12(18-9)11(8-17-3)15-14(16)13-7-5-10(2)19-13/h4-7,11H,8H2,1-3H3,(H,15,16). The van der Waals surface area contributed by atoms with E-state index in [1.54, 1.807) is 26.2 Å². The van der Waals surface area contributed by atoms with Crippen molar-refractivity contribution in [3.63, 3.8) is 0 Å². The van der Waals surface area contributed by atoms with Crippen molar-refractivity contribution < 1.29 is 18.4 Å². The number of methoxy groups -OCH3 is 1. The lowest BCUT2D eigenvalue weighted by molar-refractivity contribution is 0.0854. The quantitative estimate of drug-likeness (QED) is 0.900. The summed E-state index contributed by atoms with van der Waals surface area (Å²) in [5.74, 6) is 2.14. The fraction of sp³-hybridized carbons (Fsp3) is 0.357. The highest BCUT2D eigenvalue weighted by Crippen LogP contribution is 2.17. The van der Waals surface area contributed by atoms with Crippen LogP contribution in [0.5, 0.6) is 0 Å². The van der Waals surface area contributed by atoms with Crippen LogP contribution in [-0.2, 0) is 4.74 Å². The van der Waals surface area contributed by atoms with Gasteiger partial charge in [0.05, 0.1) is 6.61 Å². The Morgan fingerprint density at radius 3 is 2.42 bits per heavy atom. The zero-order valence-electron chi connectivity index (χ0n) is 11.2. The van der Waals surface area contributed by atoms with Crippen LogP contribution in [0, 0.1) is 13.8 Å². The lowest BCUT2D eigenvalue weighted by Crippen LogP contribution is -2.30. The Bertz CT molecular complexity index is 555. The number of nitrogens with one attached hydrogen (secondary N) is 1. The molecule has 0 spiro atoms. The summed E-state index contributed by atoms with van der Waals surface area (Å²) in [5, 5.41) is 2.83. The molecule has 0 fully saturated rings. The molecule has 0 bridgehead atoms. The molecule has 2 heterocycles. The van der Waals surface area contributed by atoms with Gasteiger partial charge in [0.15, 0.2) is 5.76 Å². The monoisotopic (exact) mass is 263 g/mol. The first-order valence-corrected chi connectivity index (χ1v) is 6.02. The van der Waals surface area contributed by atoms with Crippen molar-refractivity contribution >= 4 is 5.91 Å². The number of furan rings is 2. The number of amides is 1. The van der Waals surface area contributed by atoms with E-state index in [2.05, 4.69) is 5.32 Å². The van der Waals surface area contributed by atoms with Crippen molar-refractivity contribution in [3.8, 4) is 0 Å². The van der Waals surface area contributed by atoms with E-state index in [0.717, 1.165) is 5.76 Å². The fourth-order valence-corrected chi connectivity index (χ4v) is 1.79. The molecule has 0 aliphatic carbocycles. The van der Waals surface area contributed by atoms with Crippen LogP contribution in [0.2, 0.25) is 0 Å². The summed E-state index contributed by atoms with van der Waals surface area (Å²) in [6, 6.07) is 6.73. The normalized spacial score (nSPS) is 12.4. The molecule has 1 atom stereocenters. The Labute approximate surface area is 111 Å². The molecule has 2 aromatic heterocycles. The van der Waals surface area contributed by atoms with E-state index in [4.69, 9.17) is 13.6 Å². The molecule has 0 aromatic carbocycles. The summed E-state index contributed by atoms with van der Waals surface area (Å²) in [7, 11) is 1.58. The van der Waals surface area contributed by atoms with Gasteiger partial charge in [-0.3, -0.25) is 4.79 Å². The Morgan fingerprint density at radius 2 is 1.89 bits per heavy atom. The predicted molar refractivity (Wildman–Crippen MR) is 69.0 cm³/mol. The number of hydrogen-bond acceptors (Lipinski definition) is 4. The molecule has 5 nitrogen and oxygen atoms in total. The van der Waals surface area contributed by atoms with E-state index < -0.39 is 0 Å². The molecule has 0 saturated carbocycles. The van der Waals surface area contributed by atoms with E-state index in [9.17, 15) is 4.79 Å². The molecule has 0 aliphatic heterocycles. The van der Waals surface area contributed by atoms with Crippen LogP contribution in [0.15, 0.2) is 33.1 Å². The minimum Gasteiger partial charge on any atom is -0.464 e. The minimum atomic E-state index is -0.336. The van der Waals surface area contributed by atoms with Gasteiger partial charge in [-0.25, -0.2) is 0 Å². The molecule has 19 heavy (non-hydrogen) atoms. The van der Waals surface area contributed by atoms with E-state index in [1.165, 1.54) is 0 Å². The molecule has 2 aromatic rings. The molecule has 5 heteroatoms. The van der Waals surface area contributed by atoms with Crippen molar-refractivity contribution in [1.82, 2.24) is 5.32 Å². The Morgan fingerprint density at radius 1 is 1.21 bits per heavy atom. The maximum atomic E-state index is 12.0. The zero-order chi connectivity index (χ0) is 13.8. The Balaban J connectivity index is 2.10. The Hall–Kier alpha value is -2.01. The molecule has 102 valence electrons. The third-order valence-electron chi connectivity index (χ3n) is 2.71. The Kier molecular flexibility index (Phi) is 4.06. The second-order valence-electron chi connectivity index (χ2n) is 4.34. The summed E-state index contributed by atoms with van der Waals surface area (Å²) in [5.41, 5.74) is 0. The minimum absolute atomic E-state index is 0.280. The second-order valence-corrected chi connectivity index (χ2v) is 4.34. The number of carbonyl (C=O) groups is 1. The van der Waals surface area contributed by atoms with Crippen LogP contribution >= 0.6 is 0 Å². The number of rotatable bonds is 5. The zero-order valence-corrected chi connectivity index (χ0v) is 11.2. The van der Waals surface area contributed by atoms with E-state index in [-0.39, 0.29) is 17.7 Å². The van der Waals surface area contributed by atoms with Gasteiger partial charge in [-0.05, 0) is 38.1 Å². The van der Waals surface area contributed by atoms with Crippen LogP contribution in [-0.4, -0.2) is 19.6 Å². The van der Waals surface area contributed by atoms with Crippen LogP contribution in [0.3, 0.4) is 0 Å². The van der Waals surface area contributed by atoms with Gasteiger partial charge in [-0.2, -0.15) is 0 Å². The van der Waals surface area contributed by atoms with Gasteiger partial charge in [0, 0.05) is 7.11 Å². The van der Waals surface area contributed by atoms with Gasteiger partial charge in [-0.1, -0.05) is 0 Å². The van der Waals surface area contributed by atoms with Crippen molar-refractivity contribution in [1.29, 1.82) is 0 Å². The average Bonchev–Trinajstić information content (AvgIpc) is 2.97. The van der Waals surface area contributed by atoms with Crippen LogP contribution < -0.4 is 5.32 Å². The van der Waals surface area contributed by atoms with Gasteiger partial charge in [-0.15, -0.1) is 0 Å². The highest BCUT2D eigenvalue weighted by atomic mass is 16.5. The third kappa shape index (κ3) is 3.26. The summed E-state index contributed by atoms with van der Waals surface area (Å²) < 4.78 is 15.9. The van der Waals surface area contributed by atoms with Crippen molar-refractivity contribution in [2.45, 2.75) is 19.9 Å². The van der Waals surface area contributed by atoms with Crippen LogP contribution in [0.25, 0.3) is 0 Å². The maximum absolute atomic E-state index is 12.0. The number of hydrogen-bond donors (Lipinski definition) is 1. The third-order valence-corrected chi connectivity index (χ3v) is 2.71. The first kappa shape index (κ1) is 13.4. The lowest BCUT2D eigenvalue weighted by Gasteiger charge is -2.14. The van der Waals surface area contributed by atoms with Crippen molar-refractivity contribution in [2.24, 2.45) is 0 Å². The predicted octanol–water partition coefficient (Wildman–Crippen LogP) is 2.61. The lowest BCUT2D eigenvalue weighted by atomic mass is 10.2. The summed E-state index contributed by atoms with van der Waals surface area (Å²) in [4.78, 5) is 12.0. The maximum Gasteiger partial charge on any atom is 0.287 e. The average molecular weight is 263 g/mol. The SMILES string of the molecule is COCC(NC(=O)c1ccc(C)o1)c1ccc(C)o1. The first-order valence-electron chi connectivity index (χ1n) is 6.02. The molecular formula is C14H17NO4.